The quantitative estimate of drug-likeness (QED) is 0.389. The van der Waals surface area contributed by atoms with E-state index in [4.69, 9.17) is 0 Å². The number of phenols is 1. The van der Waals surface area contributed by atoms with Gasteiger partial charge in [-0.25, -0.2) is 4.39 Å². The SMILES string of the molecule is Cc1c(O)cccc1C(=O)NC(Cc1ccccc1)[C@H](O)C(=O)N1C[C@@H](F)C[C@H]1C(=O)NCCC(C)C. The molecule has 1 fully saturated rings. The fourth-order valence-electron chi connectivity index (χ4n) is 4.45. The Labute approximate surface area is 216 Å². The molecular weight excluding hydrogens is 477 g/mol. The predicted octanol–water partition coefficient (Wildman–Crippen LogP) is 2.50. The van der Waals surface area contributed by atoms with Gasteiger partial charge in [0, 0.05) is 24.1 Å². The third kappa shape index (κ3) is 7.29. The highest BCUT2D eigenvalue weighted by Gasteiger charge is 2.43. The van der Waals surface area contributed by atoms with Crippen molar-refractivity contribution in [1.82, 2.24) is 15.5 Å². The number of hydrogen-bond acceptors (Lipinski definition) is 5. The van der Waals surface area contributed by atoms with E-state index in [1.54, 1.807) is 31.2 Å². The third-order valence-corrected chi connectivity index (χ3v) is 6.66. The molecule has 9 heteroatoms. The van der Waals surface area contributed by atoms with Gasteiger partial charge in [-0.2, -0.15) is 0 Å². The minimum absolute atomic E-state index is 0.0544. The average molecular weight is 514 g/mol. The molecular formula is C28H36FN3O5. The lowest BCUT2D eigenvalue weighted by Gasteiger charge is -2.30. The molecule has 1 saturated heterocycles. The molecule has 0 aliphatic carbocycles. The molecule has 4 N–H and O–H groups in total. The van der Waals surface area contributed by atoms with Gasteiger partial charge in [-0.3, -0.25) is 14.4 Å². The normalized spacial score (nSPS) is 18.9. The zero-order valence-electron chi connectivity index (χ0n) is 21.5. The molecule has 37 heavy (non-hydrogen) atoms. The molecule has 0 spiro atoms. The van der Waals surface area contributed by atoms with Gasteiger partial charge in [-0.15, -0.1) is 0 Å². The van der Waals surface area contributed by atoms with E-state index < -0.39 is 42.1 Å². The summed E-state index contributed by atoms with van der Waals surface area (Å²) in [6.45, 7) is 5.72. The van der Waals surface area contributed by atoms with Crippen LogP contribution in [0, 0.1) is 12.8 Å². The molecule has 3 rings (SSSR count). The summed E-state index contributed by atoms with van der Waals surface area (Å²) in [6, 6.07) is 11.4. The highest BCUT2D eigenvalue weighted by atomic mass is 19.1. The van der Waals surface area contributed by atoms with Crippen molar-refractivity contribution in [2.75, 3.05) is 13.1 Å². The van der Waals surface area contributed by atoms with Gasteiger partial charge in [0.25, 0.3) is 11.8 Å². The first-order valence-corrected chi connectivity index (χ1v) is 12.6. The Kier molecular flexibility index (Phi) is 9.63. The van der Waals surface area contributed by atoms with Crippen molar-refractivity contribution >= 4 is 17.7 Å². The van der Waals surface area contributed by atoms with E-state index in [0.29, 0.717) is 18.0 Å². The van der Waals surface area contributed by atoms with Crippen molar-refractivity contribution in [3.8, 4) is 5.75 Å². The van der Waals surface area contributed by atoms with Crippen LogP contribution in [-0.4, -0.2) is 70.3 Å². The average Bonchev–Trinajstić information content (AvgIpc) is 3.26. The Morgan fingerprint density at radius 3 is 2.49 bits per heavy atom. The van der Waals surface area contributed by atoms with Gasteiger partial charge in [0.15, 0.2) is 6.10 Å². The van der Waals surface area contributed by atoms with Gasteiger partial charge in [0.05, 0.1) is 12.6 Å². The van der Waals surface area contributed by atoms with E-state index in [2.05, 4.69) is 10.6 Å². The van der Waals surface area contributed by atoms with Crippen LogP contribution in [0.5, 0.6) is 5.75 Å². The monoisotopic (exact) mass is 513 g/mol. The zero-order chi connectivity index (χ0) is 27.1. The summed E-state index contributed by atoms with van der Waals surface area (Å²) in [5.74, 6) is -1.54. The van der Waals surface area contributed by atoms with Crippen LogP contribution in [0.15, 0.2) is 48.5 Å². The Hall–Kier alpha value is -3.46. The van der Waals surface area contributed by atoms with Crippen molar-refractivity contribution in [2.45, 2.75) is 64.4 Å². The summed E-state index contributed by atoms with van der Waals surface area (Å²) in [5, 5.41) is 26.6. The van der Waals surface area contributed by atoms with Crippen LogP contribution in [0.1, 0.15) is 48.2 Å². The number of aliphatic hydroxyl groups excluding tert-OH is 1. The molecule has 0 radical (unpaired) electrons. The Balaban J connectivity index is 1.81. The molecule has 1 unspecified atom stereocenters. The summed E-state index contributed by atoms with van der Waals surface area (Å²) in [4.78, 5) is 40.3. The van der Waals surface area contributed by atoms with Crippen LogP contribution in [0.4, 0.5) is 4.39 Å². The number of phenolic OH excluding ortho intramolecular Hbond substituents is 1. The van der Waals surface area contributed by atoms with Crippen molar-refractivity contribution in [2.24, 2.45) is 5.92 Å². The number of nitrogens with zero attached hydrogens (tertiary/aromatic N) is 1. The molecule has 0 aromatic heterocycles. The van der Waals surface area contributed by atoms with Gasteiger partial charge >= 0.3 is 0 Å². The van der Waals surface area contributed by atoms with Crippen LogP contribution in [0.25, 0.3) is 0 Å². The number of aromatic hydroxyl groups is 1. The molecule has 0 bridgehead atoms. The lowest BCUT2D eigenvalue weighted by atomic mass is 9.98. The molecule has 1 aliphatic rings. The van der Waals surface area contributed by atoms with Crippen molar-refractivity contribution in [3.05, 3.63) is 65.2 Å². The number of aliphatic hydroxyl groups is 1. The fourth-order valence-corrected chi connectivity index (χ4v) is 4.45. The summed E-state index contributed by atoms with van der Waals surface area (Å²) in [7, 11) is 0. The topological polar surface area (TPSA) is 119 Å². The molecule has 2 aromatic rings. The van der Waals surface area contributed by atoms with Gasteiger partial charge < -0.3 is 25.7 Å². The van der Waals surface area contributed by atoms with Crippen molar-refractivity contribution in [1.29, 1.82) is 0 Å². The fraction of sp³-hybridized carbons (Fsp3) is 0.464. The molecule has 1 heterocycles. The minimum Gasteiger partial charge on any atom is -0.508 e. The number of benzene rings is 2. The number of alkyl halides is 1. The summed E-state index contributed by atoms with van der Waals surface area (Å²) in [5.41, 5.74) is 1.32. The highest BCUT2D eigenvalue weighted by molar-refractivity contribution is 5.97. The number of carbonyl (C=O) groups is 3. The Bertz CT molecular complexity index is 1090. The van der Waals surface area contributed by atoms with Gasteiger partial charge in [0.2, 0.25) is 5.91 Å². The Morgan fingerprint density at radius 2 is 1.81 bits per heavy atom. The number of halogens is 1. The zero-order valence-corrected chi connectivity index (χ0v) is 21.5. The van der Waals surface area contributed by atoms with Crippen molar-refractivity contribution in [3.63, 3.8) is 0 Å². The second-order valence-electron chi connectivity index (χ2n) is 9.98. The molecule has 3 amide bonds. The lowest BCUT2D eigenvalue weighted by molar-refractivity contribution is -0.146. The summed E-state index contributed by atoms with van der Waals surface area (Å²) in [6.07, 6.45) is -2.40. The van der Waals surface area contributed by atoms with E-state index in [1.807, 2.05) is 19.9 Å². The van der Waals surface area contributed by atoms with E-state index in [9.17, 15) is 29.0 Å². The number of amides is 3. The number of carbonyl (C=O) groups excluding carboxylic acids is 3. The number of nitrogens with one attached hydrogen (secondary N) is 2. The lowest BCUT2D eigenvalue weighted by Crippen LogP contribution is -2.56. The van der Waals surface area contributed by atoms with Gasteiger partial charge in [-0.1, -0.05) is 50.2 Å². The standard InChI is InChI=1S/C28H36FN3O5/c1-17(2)12-13-30-27(36)23-15-20(29)16-32(23)28(37)25(34)22(14-19-8-5-4-6-9-19)31-26(35)21-10-7-11-24(33)18(21)3/h4-11,17,20,22-23,25,33-34H,12-16H2,1-3H3,(H,30,36)(H,31,35)/t20-,22?,23-,25-/m0/s1. The Morgan fingerprint density at radius 1 is 1.11 bits per heavy atom. The van der Waals surface area contributed by atoms with E-state index in [0.717, 1.165) is 16.9 Å². The maximum Gasteiger partial charge on any atom is 0.254 e. The first-order valence-electron chi connectivity index (χ1n) is 12.6. The van der Waals surface area contributed by atoms with Gasteiger partial charge in [0.1, 0.15) is 18.0 Å². The summed E-state index contributed by atoms with van der Waals surface area (Å²) >= 11 is 0. The van der Waals surface area contributed by atoms with Crippen LogP contribution in [0.3, 0.4) is 0 Å². The van der Waals surface area contributed by atoms with E-state index in [-0.39, 0.29) is 30.7 Å². The maximum atomic E-state index is 14.4. The van der Waals surface area contributed by atoms with Crippen LogP contribution < -0.4 is 10.6 Å². The highest BCUT2D eigenvalue weighted by Crippen LogP contribution is 2.24. The first-order chi connectivity index (χ1) is 17.6. The predicted molar refractivity (Wildman–Crippen MR) is 138 cm³/mol. The van der Waals surface area contributed by atoms with E-state index >= 15 is 0 Å². The first kappa shape index (κ1) is 28.1. The number of likely N-dealkylation sites (tertiary alicyclic amines) is 1. The summed E-state index contributed by atoms with van der Waals surface area (Å²) < 4.78 is 14.4. The maximum absolute atomic E-state index is 14.4. The molecule has 4 atom stereocenters. The molecule has 200 valence electrons. The smallest absolute Gasteiger partial charge is 0.254 e. The van der Waals surface area contributed by atoms with Crippen molar-refractivity contribution < 1.29 is 29.0 Å². The molecule has 2 aromatic carbocycles. The third-order valence-electron chi connectivity index (χ3n) is 6.66. The molecule has 0 saturated carbocycles. The second kappa shape index (κ2) is 12.7. The van der Waals surface area contributed by atoms with Crippen LogP contribution in [0.2, 0.25) is 0 Å². The largest absolute Gasteiger partial charge is 0.508 e. The number of rotatable bonds is 10. The van der Waals surface area contributed by atoms with Gasteiger partial charge in [-0.05, 0) is 43.4 Å². The second-order valence-corrected chi connectivity index (χ2v) is 9.98. The van der Waals surface area contributed by atoms with Crippen LogP contribution in [-0.2, 0) is 16.0 Å². The molecule has 1 aliphatic heterocycles. The number of hydrogen-bond donors (Lipinski definition) is 4. The minimum atomic E-state index is -1.72. The van der Waals surface area contributed by atoms with E-state index in [1.165, 1.54) is 18.2 Å². The van der Waals surface area contributed by atoms with Crippen LogP contribution >= 0.6 is 0 Å². The molecule has 8 nitrogen and oxygen atoms in total.